The summed E-state index contributed by atoms with van der Waals surface area (Å²) in [7, 11) is 0. The fraction of sp³-hybridized carbons (Fsp3) is 0.407. The summed E-state index contributed by atoms with van der Waals surface area (Å²) in [6, 6.07) is 10.9. The highest BCUT2D eigenvalue weighted by Crippen LogP contribution is 2.32. The van der Waals surface area contributed by atoms with Crippen LogP contribution in [0.4, 0.5) is 24.5 Å². The molecule has 0 atom stereocenters. The van der Waals surface area contributed by atoms with Gasteiger partial charge in [-0.25, -0.2) is 9.59 Å². The van der Waals surface area contributed by atoms with Crippen LogP contribution < -0.4 is 5.32 Å². The molecule has 0 unspecified atom stereocenters. The number of alkyl halides is 3. The molecular weight excluding hydrogens is 555 g/mol. The van der Waals surface area contributed by atoms with Crippen LogP contribution in [0.1, 0.15) is 28.8 Å². The maximum Gasteiger partial charge on any atom is 0.416 e. The third-order valence-electron chi connectivity index (χ3n) is 5.11. The van der Waals surface area contributed by atoms with E-state index >= 15 is 0 Å². The Kier molecular flexibility index (Phi) is 14.3. The third kappa shape index (κ3) is 13.3. The molecule has 0 bridgehead atoms. The maximum atomic E-state index is 13.0. The van der Waals surface area contributed by atoms with Gasteiger partial charge in [-0.2, -0.15) is 13.2 Å². The number of nitrogens with one attached hydrogen (secondary N) is 1. The van der Waals surface area contributed by atoms with Crippen molar-refractivity contribution in [1.29, 1.82) is 0 Å². The summed E-state index contributed by atoms with van der Waals surface area (Å²) < 4.78 is 64.8. The molecule has 0 radical (unpaired) electrons. The van der Waals surface area contributed by atoms with Crippen LogP contribution in [0.25, 0.3) is 0 Å². The molecule has 0 saturated carbocycles. The number of Topliss-reactive ketones (excluding diaryl/α,β-unsaturated/α-hetero) is 1. The summed E-state index contributed by atoms with van der Waals surface area (Å²) in [5, 5.41) is 11.2. The SMILES string of the molecule is O=C(CCC(=O)C(=O)O)OCCOCCOCCOCCOC(=O)c1ccccc1Nc1cccc(C(F)(F)F)c1. The van der Waals surface area contributed by atoms with E-state index < -0.39 is 41.9 Å². The first-order chi connectivity index (χ1) is 19.6. The van der Waals surface area contributed by atoms with Crippen LogP contribution in [0, 0.1) is 0 Å². The van der Waals surface area contributed by atoms with Crippen molar-refractivity contribution in [2.24, 2.45) is 0 Å². The molecular formula is C27H30F3NO10. The van der Waals surface area contributed by atoms with Crippen LogP contribution in [-0.4, -0.2) is 81.7 Å². The molecule has 0 saturated heterocycles. The molecule has 2 rings (SSSR count). The molecule has 0 amide bonds. The van der Waals surface area contributed by atoms with Crippen molar-refractivity contribution in [3.63, 3.8) is 0 Å². The smallest absolute Gasteiger partial charge is 0.416 e. The minimum atomic E-state index is -4.49. The second kappa shape index (κ2) is 17.6. The topological polar surface area (TPSA) is 147 Å². The normalized spacial score (nSPS) is 11.1. The number of hydrogen-bond donors (Lipinski definition) is 2. The zero-order valence-corrected chi connectivity index (χ0v) is 21.9. The van der Waals surface area contributed by atoms with Gasteiger partial charge in [0.15, 0.2) is 0 Å². The van der Waals surface area contributed by atoms with Crippen LogP contribution in [0.2, 0.25) is 0 Å². The molecule has 41 heavy (non-hydrogen) atoms. The molecule has 0 aliphatic heterocycles. The molecule has 0 aromatic heterocycles. The van der Waals surface area contributed by atoms with Gasteiger partial charge < -0.3 is 34.1 Å². The highest BCUT2D eigenvalue weighted by molar-refractivity contribution is 6.32. The summed E-state index contributed by atoms with van der Waals surface area (Å²) in [6.45, 7) is 1.03. The van der Waals surface area contributed by atoms with Gasteiger partial charge in [-0.3, -0.25) is 9.59 Å². The Morgan fingerprint density at radius 1 is 0.732 bits per heavy atom. The lowest BCUT2D eigenvalue weighted by molar-refractivity contribution is -0.151. The molecule has 0 fully saturated rings. The number of halogens is 3. The Labute approximate surface area is 233 Å². The molecule has 0 heterocycles. The third-order valence-corrected chi connectivity index (χ3v) is 5.11. The Morgan fingerprint density at radius 2 is 1.32 bits per heavy atom. The van der Waals surface area contributed by atoms with E-state index in [2.05, 4.69) is 5.32 Å². The lowest BCUT2D eigenvalue weighted by Crippen LogP contribution is -2.17. The van der Waals surface area contributed by atoms with Gasteiger partial charge in [-0.15, -0.1) is 0 Å². The first-order valence-corrected chi connectivity index (χ1v) is 12.4. The van der Waals surface area contributed by atoms with E-state index in [9.17, 15) is 32.3 Å². The summed E-state index contributed by atoms with van der Waals surface area (Å²) in [4.78, 5) is 45.1. The number of ketones is 1. The van der Waals surface area contributed by atoms with Gasteiger partial charge in [0.25, 0.3) is 0 Å². The lowest BCUT2D eigenvalue weighted by Gasteiger charge is -2.13. The highest BCUT2D eigenvalue weighted by atomic mass is 19.4. The molecule has 0 aliphatic carbocycles. The number of para-hydroxylation sites is 1. The fourth-order valence-electron chi connectivity index (χ4n) is 3.12. The van der Waals surface area contributed by atoms with E-state index in [-0.39, 0.29) is 70.5 Å². The number of carbonyl (C=O) groups is 4. The lowest BCUT2D eigenvalue weighted by atomic mass is 10.1. The minimum absolute atomic E-state index is 0.0479. The average Bonchev–Trinajstić information content (AvgIpc) is 2.94. The average molecular weight is 586 g/mol. The predicted molar refractivity (Wildman–Crippen MR) is 137 cm³/mol. The summed E-state index contributed by atoms with van der Waals surface area (Å²) >= 11 is 0. The van der Waals surface area contributed by atoms with Crippen molar-refractivity contribution in [3.8, 4) is 0 Å². The number of aliphatic carboxylic acids is 1. The molecule has 2 aromatic rings. The largest absolute Gasteiger partial charge is 0.476 e. The number of esters is 2. The minimum Gasteiger partial charge on any atom is -0.476 e. The van der Waals surface area contributed by atoms with Crippen LogP contribution in [0.3, 0.4) is 0 Å². The van der Waals surface area contributed by atoms with Crippen LogP contribution in [0.15, 0.2) is 48.5 Å². The summed E-state index contributed by atoms with van der Waals surface area (Å²) in [5.41, 5.74) is -0.210. The number of ether oxygens (including phenoxy) is 5. The van der Waals surface area contributed by atoms with Crippen molar-refractivity contribution in [2.75, 3.05) is 58.2 Å². The second-order valence-electron chi connectivity index (χ2n) is 8.17. The Balaban J connectivity index is 1.54. The number of anilines is 2. The molecule has 224 valence electrons. The number of carboxylic acids is 1. The van der Waals surface area contributed by atoms with Crippen molar-refractivity contribution < 1.29 is 61.1 Å². The standard InChI is InChI=1S/C27H30F3NO10/c28-27(29,30)19-4-3-5-20(18-19)31-22-7-2-1-6-21(22)26(36)41-17-15-39-13-11-37-10-12-38-14-16-40-24(33)9-8-23(32)25(34)35/h1-7,18,31H,8-17H2,(H,34,35). The van der Waals surface area contributed by atoms with E-state index in [4.69, 9.17) is 28.8 Å². The van der Waals surface area contributed by atoms with E-state index in [1.54, 1.807) is 18.2 Å². The number of hydrogen-bond acceptors (Lipinski definition) is 10. The van der Waals surface area contributed by atoms with Crippen molar-refractivity contribution in [1.82, 2.24) is 0 Å². The second-order valence-corrected chi connectivity index (χ2v) is 8.17. The van der Waals surface area contributed by atoms with E-state index in [0.717, 1.165) is 12.1 Å². The summed E-state index contributed by atoms with van der Waals surface area (Å²) in [6.07, 6.45) is -5.24. The summed E-state index contributed by atoms with van der Waals surface area (Å²) in [5.74, 6) is -4.02. The van der Waals surface area contributed by atoms with E-state index in [1.807, 2.05) is 0 Å². The first kappa shape index (κ1) is 33.2. The van der Waals surface area contributed by atoms with E-state index in [0.29, 0.717) is 5.69 Å². The fourth-order valence-corrected chi connectivity index (χ4v) is 3.12. The zero-order chi connectivity index (χ0) is 30.1. The molecule has 0 spiro atoms. The Morgan fingerprint density at radius 3 is 1.93 bits per heavy atom. The number of carbonyl (C=O) groups excluding carboxylic acids is 3. The van der Waals surface area contributed by atoms with Crippen LogP contribution in [0.5, 0.6) is 0 Å². The van der Waals surface area contributed by atoms with Crippen molar-refractivity contribution in [2.45, 2.75) is 19.0 Å². The van der Waals surface area contributed by atoms with Crippen LogP contribution >= 0.6 is 0 Å². The first-order valence-electron chi connectivity index (χ1n) is 12.4. The molecule has 2 N–H and O–H groups in total. The highest BCUT2D eigenvalue weighted by Gasteiger charge is 2.30. The number of rotatable bonds is 19. The number of carboxylic acid groups (broad SMARTS) is 1. The van der Waals surface area contributed by atoms with Gasteiger partial charge in [0, 0.05) is 12.1 Å². The van der Waals surface area contributed by atoms with Gasteiger partial charge >= 0.3 is 24.1 Å². The van der Waals surface area contributed by atoms with Crippen molar-refractivity contribution >= 4 is 35.1 Å². The quantitative estimate of drug-likeness (QED) is 0.142. The number of benzene rings is 2. The molecule has 0 aliphatic rings. The van der Waals surface area contributed by atoms with Gasteiger partial charge in [0.05, 0.1) is 62.9 Å². The van der Waals surface area contributed by atoms with Crippen LogP contribution in [-0.2, 0) is 44.2 Å². The van der Waals surface area contributed by atoms with Gasteiger partial charge in [0.2, 0.25) is 5.78 Å². The van der Waals surface area contributed by atoms with E-state index in [1.165, 1.54) is 18.2 Å². The monoisotopic (exact) mass is 585 g/mol. The maximum absolute atomic E-state index is 13.0. The van der Waals surface area contributed by atoms with Gasteiger partial charge in [-0.05, 0) is 30.3 Å². The Bertz CT molecular complexity index is 1160. The van der Waals surface area contributed by atoms with Gasteiger partial charge in [-0.1, -0.05) is 18.2 Å². The van der Waals surface area contributed by atoms with Crippen molar-refractivity contribution in [3.05, 3.63) is 59.7 Å². The van der Waals surface area contributed by atoms with Gasteiger partial charge in [0.1, 0.15) is 13.2 Å². The predicted octanol–water partition coefficient (Wildman–Crippen LogP) is 3.63. The molecule has 14 heteroatoms. The zero-order valence-electron chi connectivity index (χ0n) is 21.9. The Hall–Kier alpha value is -4.01. The molecule has 11 nitrogen and oxygen atoms in total. The molecule has 2 aromatic carbocycles.